The number of rotatable bonds is 7. The average Bonchev–Trinajstić information content (AvgIpc) is 3.25. The first-order valence-electron chi connectivity index (χ1n) is 9.97. The van der Waals surface area contributed by atoms with Gasteiger partial charge in [-0.15, -0.1) is 0 Å². The van der Waals surface area contributed by atoms with Crippen LogP contribution in [-0.4, -0.2) is 29.3 Å². The predicted octanol–water partition coefficient (Wildman–Crippen LogP) is 4.66. The van der Waals surface area contributed by atoms with Crippen LogP contribution in [0.4, 0.5) is 4.39 Å². The van der Waals surface area contributed by atoms with Crippen molar-refractivity contribution in [1.82, 2.24) is 15.1 Å². The van der Waals surface area contributed by atoms with Crippen molar-refractivity contribution in [3.05, 3.63) is 102 Å². The number of amides is 1. The molecule has 0 bridgehead atoms. The van der Waals surface area contributed by atoms with Crippen LogP contribution in [0, 0.1) is 5.82 Å². The number of hydrogen-bond donors (Lipinski definition) is 1. The fraction of sp³-hybridized carbons (Fsp3) is 0.120. The van der Waals surface area contributed by atoms with Gasteiger partial charge in [-0.05, 0) is 48.4 Å². The van der Waals surface area contributed by atoms with Crippen LogP contribution in [0.5, 0.6) is 5.75 Å². The maximum absolute atomic E-state index is 13.4. The Kier molecular flexibility index (Phi) is 6.08. The minimum atomic E-state index is -0.286. The van der Waals surface area contributed by atoms with E-state index in [-0.39, 0.29) is 11.7 Å². The molecule has 0 atom stereocenters. The number of carbonyl (C=O) groups is 1. The molecule has 4 rings (SSSR count). The van der Waals surface area contributed by atoms with E-state index < -0.39 is 0 Å². The normalized spacial score (nSPS) is 10.6. The molecule has 0 radical (unpaired) electrons. The molecule has 0 saturated heterocycles. The van der Waals surface area contributed by atoms with Gasteiger partial charge < -0.3 is 10.1 Å². The van der Waals surface area contributed by atoms with Gasteiger partial charge in [0, 0.05) is 18.3 Å². The summed E-state index contributed by atoms with van der Waals surface area (Å²) in [6, 6.07) is 23.4. The summed E-state index contributed by atoms with van der Waals surface area (Å²) in [6.45, 7) is 0.379. The Morgan fingerprint density at radius 2 is 1.81 bits per heavy atom. The van der Waals surface area contributed by atoms with Crippen LogP contribution in [0.25, 0.3) is 16.9 Å². The van der Waals surface area contributed by atoms with Crippen molar-refractivity contribution >= 4 is 5.91 Å². The zero-order valence-electron chi connectivity index (χ0n) is 17.1. The number of halogens is 1. The molecule has 0 aliphatic carbocycles. The third-order valence-electron chi connectivity index (χ3n) is 4.93. The van der Waals surface area contributed by atoms with E-state index in [1.165, 1.54) is 12.1 Å². The van der Waals surface area contributed by atoms with Crippen LogP contribution in [-0.2, 0) is 6.42 Å². The van der Waals surface area contributed by atoms with Crippen LogP contribution in [0.15, 0.2) is 85.1 Å². The first kappa shape index (κ1) is 20.3. The Bertz CT molecular complexity index is 1190. The largest absolute Gasteiger partial charge is 0.496 e. The summed E-state index contributed by atoms with van der Waals surface area (Å²) >= 11 is 0. The summed E-state index contributed by atoms with van der Waals surface area (Å²) in [5.74, 6) is 0.0977. The standard InChI is InChI=1S/C25H22FN3O2/c1-31-23-13-6-5-12-21(23)24-22(17-29(28-24)20-10-3-2-4-11-20)25(30)27-15-14-18-8-7-9-19(26)16-18/h2-13,16-17H,14-15H2,1H3,(H,27,30). The van der Waals surface area contributed by atoms with Crippen LogP contribution in [0.3, 0.4) is 0 Å². The summed E-state index contributed by atoms with van der Waals surface area (Å²) in [4.78, 5) is 13.1. The molecule has 0 spiro atoms. The van der Waals surface area contributed by atoms with Gasteiger partial charge in [-0.2, -0.15) is 5.10 Å². The van der Waals surface area contributed by atoms with Crippen molar-refractivity contribution in [3.63, 3.8) is 0 Å². The minimum absolute atomic E-state index is 0.250. The molecule has 0 fully saturated rings. The third-order valence-corrected chi connectivity index (χ3v) is 4.93. The van der Waals surface area contributed by atoms with Gasteiger partial charge in [0.2, 0.25) is 0 Å². The minimum Gasteiger partial charge on any atom is -0.496 e. The SMILES string of the molecule is COc1ccccc1-c1nn(-c2ccccc2)cc1C(=O)NCCc1cccc(F)c1. The van der Waals surface area contributed by atoms with Gasteiger partial charge in [0.05, 0.1) is 18.4 Å². The number of nitrogens with zero attached hydrogens (tertiary/aromatic N) is 2. The van der Waals surface area contributed by atoms with E-state index >= 15 is 0 Å². The van der Waals surface area contributed by atoms with E-state index in [1.807, 2.05) is 60.7 Å². The van der Waals surface area contributed by atoms with Crippen molar-refractivity contribution in [2.24, 2.45) is 0 Å². The van der Waals surface area contributed by atoms with Gasteiger partial charge in [0.1, 0.15) is 17.3 Å². The lowest BCUT2D eigenvalue weighted by molar-refractivity contribution is 0.0955. The molecule has 0 unspecified atom stereocenters. The van der Waals surface area contributed by atoms with E-state index in [2.05, 4.69) is 10.4 Å². The topological polar surface area (TPSA) is 56.2 Å². The van der Waals surface area contributed by atoms with E-state index in [1.54, 1.807) is 24.1 Å². The van der Waals surface area contributed by atoms with Gasteiger partial charge in [0.25, 0.3) is 5.91 Å². The van der Waals surface area contributed by atoms with Gasteiger partial charge in [-0.1, -0.05) is 42.5 Å². The smallest absolute Gasteiger partial charge is 0.255 e. The molecule has 6 heteroatoms. The van der Waals surface area contributed by atoms with Crippen LogP contribution >= 0.6 is 0 Å². The molecule has 4 aromatic rings. The fourth-order valence-electron chi connectivity index (χ4n) is 3.40. The van der Waals surface area contributed by atoms with Crippen molar-refractivity contribution < 1.29 is 13.9 Å². The fourth-order valence-corrected chi connectivity index (χ4v) is 3.40. The van der Waals surface area contributed by atoms with Crippen molar-refractivity contribution in [1.29, 1.82) is 0 Å². The number of nitrogens with one attached hydrogen (secondary N) is 1. The Balaban J connectivity index is 1.63. The lowest BCUT2D eigenvalue weighted by Gasteiger charge is -2.08. The van der Waals surface area contributed by atoms with Crippen molar-refractivity contribution in [3.8, 4) is 22.7 Å². The number of benzene rings is 3. The van der Waals surface area contributed by atoms with E-state index in [0.717, 1.165) is 16.8 Å². The molecule has 5 nitrogen and oxygen atoms in total. The van der Waals surface area contributed by atoms with Gasteiger partial charge in [-0.25, -0.2) is 9.07 Å². The quantitative estimate of drug-likeness (QED) is 0.478. The van der Waals surface area contributed by atoms with E-state index in [9.17, 15) is 9.18 Å². The number of carbonyl (C=O) groups excluding carboxylic acids is 1. The molecule has 31 heavy (non-hydrogen) atoms. The highest BCUT2D eigenvalue weighted by Gasteiger charge is 2.20. The summed E-state index contributed by atoms with van der Waals surface area (Å²) in [5.41, 5.74) is 3.37. The molecule has 1 aromatic heterocycles. The molecule has 3 aromatic carbocycles. The zero-order valence-corrected chi connectivity index (χ0v) is 17.1. The second-order valence-electron chi connectivity index (χ2n) is 7.01. The zero-order chi connectivity index (χ0) is 21.6. The van der Waals surface area contributed by atoms with Gasteiger partial charge >= 0.3 is 0 Å². The molecule has 1 amide bonds. The number of para-hydroxylation sites is 2. The highest BCUT2D eigenvalue weighted by Crippen LogP contribution is 2.31. The number of ether oxygens (including phenoxy) is 1. The highest BCUT2D eigenvalue weighted by molar-refractivity contribution is 6.00. The van der Waals surface area contributed by atoms with Gasteiger partial charge in [-0.3, -0.25) is 4.79 Å². The number of aromatic nitrogens is 2. The van der Waals surface area contributed by atoms with E-state index in [4.69, 9.17) is 4.74 Å². The van der Waals surface area contributed by atoms with Crippen molar-refractivity contribution in [2.45, 2.75) is 6.42 Å². The van der Waals surface area contributed by atoms with Crippen LogP contribution in [0.2, 0.25) is 0 Å². The number of methoxy groups -OCH3 is 1. The Morgan fingerprint density at radius 3 is 2.58 bits per heavy atom. The Hall–Kier alpha value is -3.93. The van der Waals surface area contributed by atoms with Crippen LogP contribution in [0.1, 0.15) is 15.9 Å². The second-order valence-corrected chi connectivity index (χ2v) is 7.01. The Morgan fingerprint density at radius 1 is 1.03 bits per heavy atom. The molecule has 1 N–H and O–H groups in total. The monoisotopic (exact) mass is 415 g/mol. The summed E-state index contributed by atoms with van der Waals surface area (Å²) in [5, 5.41) is 7.61. The first-order chi connectivity index (χ1) is 15.2. The molecule has 1 heterocycles. The van der Waals surface area contributed by atoms with Gasteiger partial charge in [0.15, 0.2) is 0 Å². The summed E-state index contributed by atoms with van der Waals surface area (Å²) < 4.78 is 20.6. The molecular weight excluding hydrogens is 393 g/mol. The summed E-state index contributed by atoms with van der Waals surface area (Å²) in [7, 11) is 1.59. The molecule has 0 saturated carbocycles. The molecule has 0 aliphatic heterocycles. The number of hydrogen-bond acceptors (Lipinski definition) is 3. The maximum atomic E-state index is 13.4. The lowest BCUT2D eigenvalue weighted by atomic mass is 10.1. The van der Waals surface area contributed by atoms with Crippen molar-refractivity contribution in [2.75, 3.05) is 13.7 Å². The third kappa shape index (κ3) is 4.64. The molecule has 156 valence electrons. The average molecular weight is 415 g/mol. The predicted molar refractivity (Wildman–Crippen MR) is 118 cm³/mol. The first-order valence-corrected chi connectivity index (χ1v) is 9.97. The maximum Gasteiger partial charge on any atom is 0.255 e. The Labute approximate surface area is 180 Å². The highest BCUT2D eigenvalue weighted by atomic mass is 19.1. The van der Waals surface area contributed by atoms with Crippen LogP contribution < -0.4 is 10.1 Å². The second kappa shape index (κ2) is 9.26. The van der Waals surface area contributed by atoms with E-state index in [0.29, 0.717) is 30.0 Å². The lowest BCUT2D eigenvalue weighted by Crippen LogP contribution is -2.26. The molecular formula is C25H22FN3O2. The molecule has 0 aliphatic rings. The summed E-state index contributed by atoms with van der Waals surface area (Å²) in [6.07, 6.45) is 2.24.